The van der Waals surface area contributed by atoms with Crippen LogP contribution in [0.4, 0.5) is 5.69 Å². The van der Waals surface area contributed by atoms with Crippen molar-refractivity contribution in [1.29, 1.82) is 0 Å². The quantitative estimate of drug-likeness (QED) is 0.755. The largest absolute Gasteiger partial charge is 0.508 e. The molecule has 16 heavy (non-hydrogen) atoms. The molecule has 1 aromatic heterocycles. The molecule has 0 aliphatic heterocycles. The van der Waals surface area contributed by atoms with E-state index in [2.05, 4.69) is 0 Å². The molecule has 0 amide bonds. The van der Waals surface area contributed by atoms with E-state index in [1.807, 2.05) is 0 Å². The minimum absolute atomic E-state index is 0.186. The lowest BCUT2D eigenvalue weighted by Gasteiger charge is -2.07. The number of pyridine rings is 1. The molecule has 3 N–H and O–H groups in total. The molecule has 1 heterocycles. The van der Waals surface area contributed by atoms with Crippen molar-refractivity contribution in [1.82, 2.24) is 4.57 Å². The number of nitrogens with zero attached hydrogens (tertiary/aromatic N) is 1. The summed E-state index contributed by atoms with van der Waals surface area (Å²) < 4.78 is 1.43. The molecule has 0 saturated heterocycles. The molecule has 2 rings (SSSR count). The Balaban J connectivity index is 2.61. The van der Waals surface area contributed by atoms with Gasteiger partial charge >= 0.3 is 0 Å². The van der Waals surface area contributed by atoms with E-state index in [1.165, 1.54) is 4.57 Å². The maximum atomic E-state index is 11.6. The zero-order valence-corrected chi connectivity index (χ0v) is 8.84. The number of hydrogen-bond donors (Lipinski definition) is 2. The van der Waals surface area contributed by atoms with Crippen LogP contribution in [0.2, 0.25) is 0 Å². The van der Waals surface area contributed by atoms with Gasteiger partial charge in [0.05, 0.1) is 0 Å². The van der Waals surface area contributed by atoms with E-state index >= 15 is 0 Å². The van der Waals surface area contributed by atoms with Crippen LogP contribution in [-0.4, -0.2) is 9.67 Å². The maximum Gasteiger partial charge on any atom is 0.274 e. The highest BCUT2D eigenvalue weighted by Gasteiger charge is 2.06. The predicted octanol–water partition coefficient (Wildman–Crippen LogP) is 1.34. The van der Waals surface area contributed by atoms with Gasteiger partial charge in [0.2, 0.25) is 0 Å². The molecular weight excluding hydrogens is 204 g/mol. The predicted molar refractivity (Wildman–Crippen MR) is 63.2 cm³/mol. The third-order valence-electron chi connectivity index (χ3n) is 2.48. The number of phenolic OH excluding ortho intramolecular Hbond substituents is 1. The highest BCUT2D eigenvalue weighted by atomic mass is 16.3. The molecule has 4 nitrogen and oxygen atoms in total. The van der Waals surface area contributed by atoms with Crippen molar-refractivity contribution in [3.05, 3.63) is 46.9 Å². The Morgan fingerprint density at radius 2 is 1.81 bits per heavy atom. The Labute approximate surface area is 92.6 Å². The van der Waals surface area contributed by atoms with Crippen molar-refractivity contribution >= 4 is 5.69 Å². The third kappa shape index (κ3) is 1.65. The summed E-state index contributed by atoms with van der Waals surface area (Å²) >= 11 is 0. The SMILES string of the molecule is Cn1ccc(-c2ccc(O)cc2)c(N)c1=O. The first-order valence-corrected chi connectivity index (χ1v) is 4.84. The molecule has 0 aliphatic rings. The van der Waals surface area contributed by atoms with Crippen molar-refractivity contribution in [2.75, 3.05) is 5.73 Å². The lowest BCUT2D eigenvalue weighted by Crippen LogP contribution is -2.20. The summed E-state index contributed by atoms with van der Waals surface area (Å²) in [4.78, 5) is 11.6. The smallest absolute Gasteiger partial charge is 0.274 e. The second-order valence-electron chi connectivity index (χ2n) is 3.61. The molecule has 0 bridgehead atoms. The number of nitrogen functional groups attached to an aromatic ring is 1. The van der Waals surface area contributed by atoms with Crippen LogP contribution >= 0.6 is 0 Å². The van der Waals surface area contributed by atoms with Gasteiger partial charge in [-0.05, 0) is 23.8 Å². The molecule has 0 aliphatic carbocycles. The van der Waals surface area contributed by atoms with Crippen molar-refractivity contribution in [2.24, 2.45) is 7.05 Å². The summed E-state index contributed by atoms with van der Waals surface area (Å²) in [7, 11) is 1.65. The fourth-order valence-corrected chi connectivity index (χ4v) is 1.54. The number of nitrogens with two attached hydrogens (primary N) is 1. The molecule has 0 radical (unpaired) electrons. The first-order chi connectivity index (χ1) is 7.59. The number of aryl methyl sites for hydroxylation is 1. The van der Waals surface area contributed by atoms with E-state index in [9.17, 15) is 9.90 Å². The van der Waals surface area contributed by atoms with Crippen LogP contribution in [0, 0.1) is 0 Å². The number of anilines is 1. The Hall–Kier alpha value is -2.23. The number of hydrogen-bond acceptors (Lipinski definition) is 3. The number of aromatic hydroxyl groups is 1. The van der Waals surface area contributed by atoms with E-state index in [0.29, 0.717) is 5.56 Å². The Kier molecular flexibility index (Phi) is 2.40. The van der Waals surface area contributed by atoms with E-state index in [4.69, 9.17) is 5.73 Å². The maximum absolute atomic E-state index is 11.6. The molecule has 0 fully saturated rings. The lowest BCUT2D eigenvalue weighted by atomic mass is 10.1. The first-order valence-electron chi connectivity index (χ1n) is 4.84. The fourth-order valence-electron chi connectivity index (χ4n) is 1.54. The van der Waals surface area contributed by atoms with Crippen LogP contribution in [0.1, 0.15) is 0 Å². The average Bonchev–Trinajstić information content (AvgIpc) is 2.28. The van der Waals surface area contributed by atoms with Crippen LogP contribution in [0.15, 0.2) is 41.3 Å². The van der Waals surface area contributed by atoms with Crippen LogP contribution in [0.25, 0.3) is 11.1 Å². The second-order valence-corrected chi connectivity index (χ2v) is 3.61. The van der Waals surface area contributed by atoms with Crippen LogP contribution in [0.5, 0.6) is 5.75 Å². The standard InChI is InChI=1S/C12H12N2O2/c1-14-7-6-10(11(13)12(14)16)8-2-4-9(15)5-3-8/h2-7,15H,13H2,1H3. The van der Waals surface area contributed by atoms with Crippen molar-refractivity contribution in [3.63, 3.8) is 0 Å². The molecule has 4 heteroatoms. The van der Waals surface area contributed by atoms with Gasteiger partial charge in [0, 0.05) is 18.8 Å². The summed E-state index contributed by atoms with van der Waals surface area (Å²) in [6, 6.07) is 8.35. The average molecular weight is 216 g/mol. The van der Waals surface area contributed by atoms with Gasteiger partial charge in [-0.1, -0.05) is 12.1 Å². The monoisotopic (exact) mass is 216 g/mol. The molecule has 0 spiro atoms. The Morgan fingerprint density at radius 1 is 1.19 bits per heavy atom. The molecule has 0 atom stereocenters. The number of benzene rings is 1. The summed E-state index contributed by atoms with van der Waals surface area (Å²) in [5.41, 5.74) is 7.26. The van der Waals surface area contributed by atoms with Crippen molar-refractivity contribution in [2.45, 2.75) is 0 Å². The van der Waals surface area contributed by atoms with Gasteiger partial charge in [-0.15, -0.1) is 0 Å². The van der Waals surface area contributed by atoms with Gasteiger partial charge in [-0.2, -0.15) is 0 Å². The minimum Gasteiger partial charge on any atom is -0.508 e. The van der Waals surface area contributed by atoms with Crippen LogP contribution in [0.3, 0.4) is 0 Å². The zero-order chi connectivity index (χ0) is 11.7. The molecule has 1 aromatic carbocycles. The topological polar surface area (TPSA) is 68.2 Å². The molecule has 0 saturated carbocycles. The highest BCUT2D eigenvalue weighted by Crippen LogP contribution is 2.24. The van der Waals surface area contributed by atoms with Gasteiger partial charge in [0.15, 0.2) is 0 Å². The molecule has 82 valence electrons. The van der Waals surface area contributed by atoms with Crippen LogP contribution < -0.4 is 11.3 Å². The van der Waals surface area contributed by atoms with E-state index < -0.39 is 0 Å². The number of aromatic nitrogens is 1. The summed E-state index contributed by atoms with van der Waals surface area (Å²) in [5.74, 6) is 0.186. The normalized spacial score (nSPS) is 10.3. The molecule has 2 aromatic rings. The lowest BCUT2D eigenvalue weighted by molar-refractivity contribution is 0.475. The van der Waals surface area contributed by atoms with Gasteiger partial charge < -0.3 is 15.4 Å². The summed E-state index contributed by atoms with van der Waals surface area (Å²) in [6.45, 7) is 0. The fraction of sp³-hybridized carbons (Fsp3) is 0.0833. The molecular formula is C12H12N2O2. The second kappa shape index (κ2) is 3.73. The van der Waals surface area contributed by atoms with E-state index in [0.717, 1.165) is 5.56 Å². The minimum atomic E-state index is -0.217. The van der Waals surface area contributed by atoms with Gasteiger partial charge in [0.1, 0.15) is 11.4 Å². The van der Waals surface area contributed by atoms with E-state index in [1.54, 1.807) is 43.6 Å². The summed E-state index contributed by atoms with van der Waals surface area (Å²) in [6.07, 6.45) is 1.67. The van der Waals surface area contributed by atoms with Gasteiger partial charge in [-0.25, -0.2) is 0 Å². The highest BCUT2D eigenvalue weighted by molar-refractivity contribution is 5.75. The zero-order valence-electron chi connectivity index (χ0n) is 8.84. The van der Waals surface area contributed by atoms with Gasteiger partial charge in [-0.3, -0.25) is 4.79 Å². The number of phenols is 1. The summed E-state index contributed by atoms with van der Waals surface area (Å²) in [5, 5.41) is 9.17. The Morgan fingerprint density at radius 3 is 2.44 bits per heavy atom. The van der Waals surface area contributed by atoms with Crippen molar-refractivity contribution < 1.29 is 5.11 Å². The van der Waals surface area contributed by atoms with E-state index in [-0.39, 0.29) is 17.0 Å². The molecule has 0 unspecified atom stereocenters. The first kappa shape index (κ1) is 10.3. The Bertz CT molecular complexity index is 571. The third-order valence-corrected chi connectivity index (χ3v) is 2.48. The number of rotatable bonds is 1. The van der Waals surface area contributed by atoms with Crippen molar-refractivity contribution in [3.8, 4) is 16.9 Å². The van der Waals surface area contributed by atoms with Gasteiger partial charge in [0.25, 0.3) is 5.56 Å². The van der Waals surface area contributed by atoms with Crippen LogP contribution in [-0.2, 0) is 7.05 Å².